The van der Waals surface area contributed by atoms with E-state index in [1.54, 1.807) is 48.5 Å². The molecule has 0 atom stereocenters. The summed E-state index contributed by atoms with van der Waals surface area (Å²) in [5.41, 5.74) is 3.81. The van der Waals surface area contributed by atoms with Gasteiger partial charge in [-0.2, -0.15) is 11.8 Å². The van der Waals surface area contributed by atoms with E-state index in [0.717, 1.165) is 27.8 Å². The van der Waals surface area contributed by atoms with Crippen LogP contribution < -0.4 is 14.4 Å². The van der Waals surface area contributed by atoms with Crippen molar-refractivity contribution in [2.45, 2.75) is 37.8 Å². The molecule has 0 aliphatic carbocycles. The number of thioether (sulfide) groups is 1. The van der Waals surface area contributed by atoms with Gasteiger partial charge in [0.1, 0.15) is 12.3 Å². The number of para-hydroxylation sites is 2. The Bertz CT molecular complexity index is 1230. The summed E-state index contributed by atoms with van der Waals surface area (Å²) < 4.78 is 34.0. The van der Waals surface area contributed by atoms with Crippen LogP contribution in [0.4, 0.5) is 5.69 Å². The number of carbonyl (C=O) groups excluding carboxylic acids is 1. The highest BCUT2D eigenvalue weighted by Gasteiger charge is 2.29. The predicted octanol–water partition coefficient (Wildman–Crippen LogP) is 5.34. The van der Waals surface area contributed by atoms with Gasteiger partial charge in [-0.25, -0.2) is 8.42 Å². The number of carbonyl (C=O) groups is 1. The average Bonchev–Trinajstić information content (AvgIpc) is 2.86. The van der Waals surface area contributed by atoms with Gasteiger partial charge in [0.25, 0.3) is 10.0 Å². The molecule has 0 aliphatic rings. The Hall–Kier alpha value is -2.97. The SMILES string of the molecule is CCOc1ccccc1N(CC(=O)NCCCSCc1ccc(C)cc1)S(=O)(=O)c1ccc(C)cc1. The molecule has 0 heterocycles. The molecule has 3 rings (SSSR count). The van der Waals surface area contributed by atoms with Crippen molar-refractivity contribution in [2.75, 3.05) is 29.8 Å². The van der Waals surface area contributed by atoms with Gasteiger partial charge in [0, 0.05) is 12.3 Å². The second-order valence-electron chi connectivity index (χ2n) is 8.47. The largest absolute Gasteiger partial charge is 0.492 e. The Kier molecular flexibility index (Phi) is 10.3. The molecule has 1 amide bonds. The minimum absolute atomic E-state index is 0.125. The molecule has 3 aromatic rings. The molecular weight excluding hydrogens is 492 g/mol. The van der Waals surface area contributed by atoms with Gasteiger partial charge in [0.05, 0.1) is 17.2 Å². The topological polar surface area (TPSA) is 75.7 Å². The van der Waals surface area contributed by atoms with Crippen molar-refractivity contribution >= 4 is 33.4 Å². The van der Waals surface area contributed by atoms with Gasteiger partial charge >= 0.3 is 0 Å². The Morgan fingerprint density at radius 3 is 2.25 bits per heavy atom. The molecule has 0 aliphatic heterocycles. The number of benzene rings is 3. The van der Waals surface area contributed by atoms with E-state index in [-0.39, 0.29) is 17.3 Å². The molecule has 0 bridgehead atoms. The molecule has 0 fully saturated rings. The van der Waals surface area contributed by atoms with Crippen molar-refractivity contribution in [1.29, 1.82) is 0 Å². The number of sulfonamides is 1. The van der Waals surface area contributed by atoms with Gasteiger partial charge < -0.3 is 10.1 Å². The molecule has 0 aromatic heterocycles. The summed E-state index contributed by atoms with van der Waals surface area (Å²) >= 11 is 1.81. The fourth-order valence-electron chi connectivity index (χ4n) is 3.54. The summed E-state index contributed by atoms with van der Waals surface area (Å²) in [6.45, 7) is 6.32. The first-order valence-corrected chi connectivity index (χ1v) is 14.6. The lowest BCUT2D eigenvalue weighted by Crippen LogP contribution is -2.41. The van der Waals surface area contributed by atoms with Crippen molar-refractivity contribution in [3.05, 3.63) is 89.5 Å². The first kappa shape index (κ1) is 27.6. The zero-order valence-corrected chi connectivity index (χ0v) is 22.7. The Labute approximate surface area is 219 Å². The maximum absolute atomic E-state index is 13.6. The molecule has 0 unspecified atom stereocenters. The van der Waals surface area contributed by atoms with Gasteiger partial charge in [0.15, 0.2) is 0 Å². The standard InChI is InChI=1S/C28H34N2O4S2/c1-4-34-27-9-6-5-8-26(27)30(36(32,33)25-16-12-23(3)13-17-25)20-28(31)29-18-7-19-35-21-24-14-10-22(2)11-15-24/h5-6,8-17H,4,7,18-21H2,1-3H3,(H,29,31). The number of nitrogens with zero attached hydrogens (tertiary/aromatic N) is 1. The number of anilines is 1. The minimum atomic E-state index is -3.99. The number of amides is 1. The third-order valence-corrected chi connectivity index (χ3v) is 8.40. The zero-order chi connectivity index (χ0) is 26.0. The highest BCUT2D eigenvalue weighted by Crippen LogP contribution is 2.32. The van der Waals surface area contributed by atoms with Crippen LogP contribution in [0.25, 0.3) is 0 Å². The van der Waals surface area contributed by atoms with Crippen molar-refractivity contribution < 1.29 is 17.9 Å². The summed E-state index contributed by atoms with van der Waals surface area (Å²) in [5.74, 6) is 1.87. The number of hydrogen-bond donors (Lipinski definition) is 1. The molecule has 192 valence electrons. The molecule has 8 heteroatoms. The smallest absolute Gasteiger partial charge is 0.264 e. The summed E-state index contributed by atoms with van der Waals surface area (Å²) in [4.78, 5) is 13.0. The van der Waals surface area contributed by atoms with E-state index in [1.165, 1.54) is 11.1 Å². The summed E-state index contributed by atoms with van der Waals surface area (Å²) in [5, 5.41) is 2.87. The lowest BCUT2D eigenvalue weighted by atomic mass is 10.2. The molecule has 0 saturated carbocycles. The highest BCUT2D eigenvalue weighted by molar-refractivity contribution is 7.98. The van der Waals surface area contributed by atoms with Crippen molar-refractivity contribution in [2.24, 2.45) is 0 Å². The van der Waals surface area contributed by atoms with Gasteiger partial charge in [-0.15, -0.1) is 0 Å². The monoisotopic (exact) mass is 526 g/mol. The van der Waals surface area contributed by atoms with E-state index < -0.39 is 10.0 Å². The summed E-state index contributed by atoms with van der Waals surface area (Å²) in [6.07, 6.45) is 0.794. The first-order valence-electron chi connectivity index (χ1n) is 12.0. The number of aryl methyl sites for hydroxylation is 2. The Morgan fingerprint density at radius 2 is 1.58 bits per heavy atom. The van der Waals surface area contributed by atoms with Crippen LogP contribution in [0.3, 0.4) is 0 Å². The molecule has 6 nitrogen and oxygen atoms in total. The molecule has 36 heavy (non-hydrogen) atoms. The Morgan fingerprint density at radius 1 is 0.944 bits per heavy atom. The predicted molar refractivity (Wildman–Crippen MR) is 148 cm³/mol. The van der Waals surface area contributed by atoms with Gasteiger partial charge in [-0.1, -0.05) is 59.7 Å². The zero-order valence-electron chi connectivity index (χ0n) is 21.1. The molecule has 3 aromatic carbocycles. The van der Waals surface area contributed by atoms with Crippen LogP contribution in [0.15, 0.2) is 77.7 Å². The van der Waals surface area contributed by atoms with Crippen LogP contribution >= 0.6 is 11.8 Å². The third kappa shape index (κ3) is 7.77. The number of rotatable bonds is 13. The van der Waals surface area contributed by atoms with E-state index in [1.807, 2.05) is 25.6 Å². The number of ether oxygens (including phenoxy) is 1. The van der Waals surface area contributed by atoms with E-state index >= 15 is 0 Å². The number of hydrogen-bond acceptors (Lipinski definition) is 5. The van der Waals surface area contributed by atoms with Crippen LogP contribution in [-0.2, 0) is 20.6 Å². The van der Waals surface area contributed by atoms with E-state index in [2.05, 4.69) is 36.5 Å². The van der Waals surface area contributed by atoms with Crippen LogP contribution in [0.1, 0.15) is 30.0 Å². The first-order chi connectivity index (χ1) is 17.3. The fourth-order valence-corrected chi connectivity index (χ4v) is 5.89. The highest BCUT2D eigenvalue weighted by atomic mass is 32.2. The molecular formula is C28H34N2O4S2. The van der Waals surface area contributed by atoms with Crippen LogP contribution in [0, 0.1) is 13.8 Å². The normalized spacial score (nSPS) is 11.2. The minimum Gasteiger partial charge on any atom is -0.492 e. The van der Waals surface area contributed by atoms with Gasteiger partial charge in [-0.3, -0.25) is 9.10 Å². The van der Waals surface area contributed by atoms with Crippen molar-refractivity contribution in [3.8, 4) is 5.75 Å². The molecule has 0 radical (unpaired) electrons. The van der Waals surface area contributed by atoms with Crippen LogP contribution in [-0.4, -0.2) is 39.8 Å². The van der Waals surface area contributed by atoms with Crippen LogP contribution in [0.2, 0.25) is 0 Å². The molecule has 0 saturated heterocycles. The lowest BCUT2D eigenvalue weighted by Gasteiger charge is -2.26. The molecule has 1 N–H and O–H groups in total. The van der Waals surface area contributed by atoms with E-state index in [4.69, 9.17) is 4.74 Å². The van der Waals surface area contributed by atoms with E-state index in [9.17, 15) is 13.2 Å². The van der Waals surface area contributed by atoms with Gasteiger partial charge in [-0.05, 0) is 62.8 Å². The van der Waals surface area contributed by atoms with E-state index in [0.29, 0.717) is 24.6 Å². The molecule has 0 spiro atoms. The van der Waals surface area contributed by atoms with Gasteiger partial charge in [0.2, 0.25) is 5.91 Å². The summed E-state index contributed by atoms with van der Waals surface area (Å²) in [6, 6.07) is 22.0. The third-order valence-electron chi connectivity index (χ3n) is 5.51. The number of nitrogens with one attached hydrogen (secondary N) is 1. The lowest BCUT2D eigenvalue weighted by molar-refractivity contribution is -0.119. The van der Waals surface area contributed by atoms with Crippen molar-refractivity contribution in [1.82, 2.24) is 5.32 Å². The average molecular weight is 527 g/mol. The fraction of sp³-hybridized carbons (Fsp3) is 0.321. The second-order valence-corrected chi connectivity index (χ2v) is 11.4. The second kappa shape index (κ2) is 13.4. The van der Waals surface area contributed by atoms with Crippen LogP contribution in [0.5, 0.6) is 5.75 Å². The maximum atomic E-state index is 13.6. The van der Waals surface area contributed by atoms with Crippen molar-refractivity contribution in [3.63, 3.8) is 0 Å². The maximum Gasteiger partial charge on any atom is 0.264 e. The quantitative estimate of drug-likeness (QED) is 0.305. The Balaban J connectivity index is 1.64. The summed E-state index contributed by atoms with van der Waals surface area (Å²) in [7, 11) is -3.99.